The van der Waals surface area contributed by atoms with E-state index in [1.165, 1.54) is 25.7 Å². The molecule has 0 aliphatic carbocycles. The van der Waals surface area contributed by atoms with Gasteiger partial charge < -0.3 is 10.1 Å². The maximum atomic E-state index is 5.36. The molecule has 0 aliphatic heterocycles. The van der Waals surface area contributed by atoms with Crippen molar-refractivity contribution in [3.63, 3.8) is 0 Å². The highest BCUT2D eigenvalue weighted by molar-refractivity contribution is 4.67. The first kappa shape index (κ1) is 14.7. The van der Waals surface area contributed by atoms with Crippen molar-refractivity contribution in [2.45, 2.75) is 51.5 Å². The molecule has 0 rings (SSSR count). The third-order valence-corrected chi connectivity index (χ3v) is 2.68. The van der Waals surface area contributed by atoms with E-state index in [-0.39, 0.29) is 0 Å². The Bertz CT molecular complexity index is 136. The van der Waals surface area contributed by atoms with E-state index < -0.39 is 0 Å². The van der Waals surface area contributed by atoms with E-state index in [4.69, 9.17) is 4.74 Å². The molecule has 0 aromatic rings. The summed E-state index contributed by atoms with van der Waals surface area (Å²) < 4.78 is 5.36. The predicted molar refractivity (Wildman–Crippen MR) is 67.2 cm³/mol. The molecule has 0 saturated heterocycles. The van der Waals surface area contributed by atoms with Gasteiger partial charge in [-0.3, -0.25) is 0 Å². The predicted octanol–water partition coefficient (Wildman–Crippen LogP) is 3.14. The van der Waals surface area contributed by atoms with E-state index in [0.717, 1.165) is 26.1 Å². The molecule has 0 spiro atoms. The van der Waals surface area contributed by atoms with Gasteiger partial charge in [0.25, 0.3) is 0 Å². The van der Waals surface area contributed by atoms with Crippen LogP contribution in [0.3, 0.4) is 0 Å². The van der Waals surface area contributed by atoms with Crippen molar-refractivity contribution in [1.82, 2.24) is 5.32 Å². The Hall–Kier alpha value is -0.340. The van der Waals surface area contributed by atoms with Crippen LogP contribution in [0.25, 0.3) is 0 Å². The molecule has 0 aromatic carbocycles. The van der Waals surface area contributed by atoms with Gasteiger partial charge in [-0.05, 0) is 39.7 Å². The van der Waals surface area contributed by atoms with Gasteiger partial charge in [-0.2, -0.15) is 0 Å². The van der Waals surface area contributed by atoms with Crippen LogP contribution < -0.4 is 5.32 Å². The summed E-state index contributed by atoms with van der Waals surface area (Å²) in [6, 6.07) is 0.625. The van der Waals surface area contributed by atoms with Crippen molar-refractivity contribution in [3.8, 4) is 0 Å². The first-order valence-corrected chi connectivity index (χ1v) is 6.21. The molecule has 0 aliphatic rings. The summed E-state index contributed by atoms with van der Waals surface area (Å²) >= 11 is 0. The Labute approximate surface area is 95.1 Å². The van der Waals surface area contributed by atoms with Crippen LogP contribution in [0, 0.1) is 0 Å². The van der Waals surface area contributed by atoms with Gasteiger partial charge in [-0.25, -0.2) is 0 Å². The average Bonchev–Trinajstić information content (AvgIpc) is 2.26. The van der Waals surface area contributed by atoms with Crippen LogP contribution >= 0.6 is 0 Å². The van der Waals surface area contributed by atoms with Crippen LogP contribution in [0.5, 0.6) is 0 Å². The lowest BCUT2D eigenvalue weighted by Crippen LogP contribution is -2.26. The fourth-order valence-corrected chi connectivity index (χ4v) is 1.66. The zero-order chi connectivity index (χ0) is 11.4. The highest BCUT2D eigenvalue weighted by Gasteiger charge is 2.04. The Balaban J connectivity index is 3.31. The van der Waals surface area contributed by atoms with Gasteiger partial charge in [0.2, 0.25) is 0 Å². The fraction of sp³-hybridized carbons (Fsp3) is 0.846. The summed E-state index contributed by atoms with van der Waals surface area (Å²) in [4.78, 5) is 0. The van der Waals surface area contributed by atoms with Crippen LogP contribution in [0.4, 0.5) is 0 Å². The SMILES string of the molecule is C=CCCCCCC(CCOCC)NC. The van der Waals surface area contributed by atoms with Gasteiger partial charge in [0.15, 0.2) is 0 Å². The largest absolute Gasteiger partial charge is 0.382 e. The number of unbranched alkanes of at least 4 members (excludes halogenated alkanes) is 3. The monoisotopic (exact) mass is 213 g/mol. The first-order valence-electron chi connectivity index (χ1n) is 6.21. The molecule has 0 radical (unpaired) electrons. The fourth-order valence-electron chi connectivity index (χ4n) is 1.66. The summed E-state index contributed by atoms with van der Waals surface area (Å²) in [6.07, 6.45) is 9.47. The van der Waals surface area contributed by atoms with Crippen molar-refractivity contribution in [2.75, 3.05) is 20.3 Å². The molecule has 90 valence electrons. The Morgan fingerprint density at radius 2 is 2.07 bits per heavy atom. The molecular formula is C13H27NO. The minimum Gasteiger partial charge on any atom is -0.382 e. The third kappa shape index (κ3) is 9.95. The minimum absolute atomic E-state index is 0.625. The summed E-state index contributed by atoms with van der Waals surface area (Å²) in [7, 11) is 2.04. The van der Waals surface area contributed by atoms with E-state index in [1.54, 1.807) is 0 Å². The molecule has 0 fully saturated rings. The van der Waals surface area contributed by atoms with Crippen molar-refractivity contribution in [3.05, 3.63) is 12.7 Å². The quantitative estimate of drug-likeness (QED) is 0.420. The summed E-state index contributed by atoms with van der Waals surface area (Å²) in [5, 5.41) is 3.35. The van der Waals surface area contributed by atoms with Crippen LogP contribution in [-0.4, -0.2) is 26.3 Å². The second-order valence-corrected chi connectivity index (χ2v) is 3.90. The van der Waals surface area contributed by atoms with Gasteiger partial charge in [-0.1, -0.05) is 18.9 Å². The van der Waals surface area contributed by atoms with Crippen molar-refractivity contribution in [1.29, 1.82) is 0 Å². The summed E-state index contributed by atoms with van der Waals surface area (Å²) in [5.74, 6) is 0. The Kier molecular flexibility index (Phi) is 11.5. The molecule has 0 saturated carbocycles. The van der Waals surface area contributed by atoms with Crippen LogP contribution in [0.1, 0.15) is 45.4 Å². The van der Waals surface area contributed by atoms with Crippen LogP contribution in [0.15, 0.2) is 12.7 Å². The minimum atomic E-state index is 0.625. The normalized spacial score (nSPS) is 12.7. The second-order valence-electron chi connectivity index (χ2n) is 3.90. The molecule has 0 amide bonds. The van der Waals surface area contributed by atoms with E-state index >= 15 is 0 Å². The third-order valence-electron chi connectivity index (χ3n) is 2.68. The molecule has 2 nitrogen and oxygen atoms in total. The van der Waals surface area contributed by atoms with E-state index in [1.807, 2.05) is 20.0 Å². The molecule has 15 heavy (non-hydrogen) atoms. The standard InChI is InChI=1S/C13H27NO/c1-4-6-7-8-9-10-13(14-3)11-12-15-5-2/h4,13-14H,1,5-12H2,2-3H3. The van der Waals surface area contributed by atoms with Gasteiger partial charge in [-0.15, -0.1) is 6.58 Å². The molecule has 1 atom stereocenters. The molecule has 2 heteroatoms. The maximum Gasteiger partial charge on any atom is 0.0480 e. The number of allylic oxidation sites excluding steroid dienone is 1. The highest BCUT2D eigenvalue weighted by atomic mass is 16.5. The van der Waals surface area contributed by atoms with Gasteiger partial charge in [0.05, 0.1) is 0 Å². The highest BCUT2D eigenvalue weighted by Crippen LogP contribution is 2.08. The van der Waals surface area contributed by atoms with Crippen molar-refractivity contribution < 1.29 is 4.74 Å². The van der Waals surface area contributed by atoms with E-state index in [9.17, 15) is 0 Å². The zero-order valence-electron chi connectivity index (χ0n) is 10.4. The lowest BCUT2D eigenvalue weighted by Gasteiger charge is -2.15. The molecule has 0 bridgehead atoms. The molecule has 0 heterocycles. The first-order chi connectivity index (χ1) is 7.35. The average molecular weight is 213 g/mol. The Morgan fingerprint density at radius 3 is 2.67 bits per heavy atom. The smallest absolute Gasteiger partial charge is 0.0480 e. The molecule has 1 N–H and O–H groups in total. The molecular weight excluding hydrogens is 186 g/mol. The van der Waals surface area contributed by atoms with Crippen LogP contribution in [0.2, 0.25) is 0 Å². The summed E-state index contributed by atoms with van der Waals surface area (Å²) in [6.45, 7) is 7.49. The summed E-state index contributed by atoms with van der Waals surface area (Å²) in [5.41, 5.74) is 0. The molecule has 0 aromatic heterocycles. The van der Waals surface area contributed by atoms with E-state index in [0.29, 0.717) is 6.04 Å². The van der Waals surface area contributed by atoms with E-state index in [2.05, 4.69) is 11.9 Å². The van der Waals surface area contributed by atoms with Crippen LogP contribution in [-0.2, 0) is 4.74 Å². The molecule has 1 unspecified atom stereocenters. The lowest BCUT2D eigenvalue weighted by atomic mass is 10.1. The topological polar surface area (TPSA) is 21.3 Å². The number of ether oxygens (including phenoxy) is 1. The van der Waals surface area contributed by atoms with Gasteiger partial charge in [0.1, 0.15) is 0 Å². The zero-order valence-corrected chi connectivity index (χ0v) is 10.4. The van der Waals surface area contributed by atoms with Gasteiger partial charge in [0, 0.05) is 19.3 Å². The number of nitrogens with one attached hydrogen (secondary N) is 1. The maximum absolute atomic E-state index is 5.36. The number of hydrogen-bond donors (Lipinski definition) is 1. The van der Waals surface area contributed by atoms with Crippen molar-refractivity contribution >= 4 is 0 Å². The number of hydrogen-bond acceptors (Lipinski definition) is 2. The Morgan fingerprint density at radius 1 is 1.27 bits per heavy atom. The lowest BCUT2D eigenvalue weighted by molar-refractivity contribution is 0.136. The van der Waals surface area contributed by atoms with Crippen molar-refractivity contribution in [2.24, 2.45) is 0 Å². The van der Waals surface area contributed by atoms with Gasteiger partial charge >= 0.3 is 0 Å². The second kappa shape index (κ2) is 11.7. The number of rotatable bonds is 11.